The molecule has 0 saturated carbocycles. The van der Waals surface area contributed by atoms with Crippen molar-refractivity contribution in [1.29, 1.82) is 0 Å². The van der Waals surface area contributed by atoms with Crippen LogP contribution in [0.4, 0.5) is 11.4 Å². The van der Waals surface area contributed by atoms with Crippen LogP contribution < -0.4 is 19.7 Å². The van der Waals surface area contributed by atoms with Gasteiger partial charge in [-0.05, 0) is 62.4 Å². The van der Waals surface area contributed by atoms with E-state index in [-0.39, 0.29) is 11.8 Å². The first-order valence-electron chi connectivity index (χ1n) is 10.1. The summed E-state index contributed by atoms with van der Waals surface area (Å²) >= 11 is 0. The second-order valence-electron chi connectivity index (χ2n) is 6.86. The van der Waals surface area contributed by atoms with E-state index in [1.165, 1.54) is 0 Å². The lowest BCUT2D eigenvalue weighted by Gasteiger charge is -2.23. The topological polar surface area (TPSA) is 67.9 Å². The van der Waals surface area contributed by atoms with Gasteiger partial charge in [0, 0.05) is 12.2 Å². The van der Waals surface area contributed by atoms with Gasteiger partial charge in [0.25, 0.3) is 11.8 Å². The van der Waals surface area contributed by atoms with Crippen LogP contribution >= 0.6 is 0 Å². The predicted molar refractivity (Wildman–Crippen MR) is 122 cm³/mol. The Balaban J connectivity index is 1.74. The van der Waals surface area contributed by atoms with E-state index in [0.29, 0.717) is 29.3 Å². The van der Waals surface area contributed by atoms with E-state index < -0.39 is 6.10 Å². The zero-order valence-corrected chi connectivity index (χ0v) is 17.9. The van der Waals surface area contributed by atoms with Gasteiger partial charge in [-0.3, -0.25) is 9.59 Å². The molecular weight excluding hydrogens is 392 g/mol. The largest absolute Gasteiger partial charge is 0.497 e. The second kappa shape index (κ2) is 10.3. The summed E-state index contributed by atoms with van der Waals surface area (Å²) in [5.74, 6) is 0.719. The van der Waals surface area contributed by atoms with Crippen LogP contribution in [0.25, 0.3) is 0 Å². The fraction of sp³-hybridized carbons (Fsp3) is 0.200. The van der Waals surface area contributed by atoms with Crippen molar-refractivity contribution in [2.45, 2.75) is 20.0 Å². The molecule has 6 nitrogen and oxygen atoms in total. The Morgan fingerprint density at radius 3 is 2.16 bits per heavy atom. The van der Waals surface area contributed by atoms with Crippen LogP contribution in [0.15, 0.2) is 78.9 Å². The molecule has 0 bridgehead atoms. The molecule has 0 radical (unpaired) electrons. The van der Waals surface area contributed by atoms with Crippen molar-refractivity contribution in [2.75, 3.05) is 23.9 Å². The van der Waals surface area contributed by atoms with Gasteiger partial charge in [0.1, 0.15) is 11.5 Å². The molecule has 3 rings (SSSR count). The van der Waals surface area contributed by atoms with Gasteiger partial charge in [0.15, 0.2) is 6.10 Å². The molecule has 6 heteroatoms. The molecule has 1 unspecified atom stereocenters. The van der Waals surface area contributed by atoms with E-state index >= 15 is 0 Å². The van der Waals surface area contributed by atoms with Crippen LogP contribution in [0.3, 0.4) is 0 Å². The van der Waals surface area contributed by atoms with Crippen LogP contribution in [-0.2, 0) is 4.79 Å². The minimum absolute atomic E-state index is 0.187. The van der Waals surface area contributed by atoms with E-state index in [9.17, 15) is 9.59 Å². The molecule has 0 spiro atoms. The number of hydrogen-bond donors (Lipinski definition) is 1. The van der Waals surface area contributed by atoms with Gasteiger partial charge in [-0.1, -0.05) is 30.3 Å². The van der Waals surface area contributed by atoms with Gasteiger partial charge in [-0.15, -0.1) is 0 Å². The molecule has 160 valence electrons. The highest BCUT2D eigenvalue weighted by Gasteiger charge is 2.22. The Kier molecular flexibility index (Phi) is 7.27. The van der Waals surface area contributed by atoms with Crippen molar-refractivity contribution in [3.8, 4) is 11.5 Å². The number of carbonyl (C=O) groups excluding carboxylic acids is 2. The van der Waals surface area contributed by atoms with Crippen LogP contribution in [0.2, 0.25) is 0 Å². The molecule has 0 fully saturated rings. The van der Waals surface area contributed by atoms with Gasteiger partial charge in [0.2, 0.25) is 0 Å². The van der Waals surface area contributed by atoms with Crippen molar-refractivity contribution in [1.82, 2.24) is 0 Å². The van der Waals surface area contributed by atoms with Crippen molar-refractivity contribution in [2.24, 2.45) is 0 Å². The SMILES string of the molecule is CCN(C(=O)c1ccccc1NC(=O)C(C)Oc1ccc(OC)cc1)c1ccccc1. The first-order chi connectivity index (χ1) is 15.0. The van der Waals surface area contributed by atoms with Crippen LogP contribution in [-0.4, -0.2) is 31.6 Å². The first-order valence-corrected chi connectivity index (χ1v) is 10.1. The lowest BCUT2D eigenvalue weighted by Crippen LogP contribution is -2.33. The summed E-state index contributed by atoms with van der Waals surface area (Å²) in [6.45, 7) is 4.07. The highest BCUT2D eigenvalue weighted by Crippen LogP contribution is 2.23. The van der Waals surface area contributed by atoms with E-state index in [2.05, 4.69) is 5.32 Å². The zero-order chi connectivity index (χ0) is 22.2. The maximum Gasteiger partial charge on any atom is 0.265 e. The summed E-state index contributed by atoms with van der Waals surface area (Å²) in [4.78, 5) is 27.6. The van der Waals surface area contributed by atoms with Gasteiger partial charge in [-0.25, -0.2) is 0 Å². The molecule has 0 aliphatic rings. The normalized spacial score (nSPS) is 11.3. The van der Waals surface area contributed by atoms with Gasteiger partial charge < -0.3 is 19.7 Å². The van der Waals surface area contributed by atoms with Gasteiger partial charge in [0.05, 0.1) is 18.4 Å². The monoisotopic (exact) mass is 418 g/mol. The third-order valence-electron chi connectivity index (χ3n) is 4.79. The summed E-state index contributed by atoms with van der Waals surface area (Å²) in [5.41, 5.74) is 1.66. The zero-order valence-electron chi connectivity index (χ0n) is 17.9. The third kappa shape index (κ3) is 5.42. The number of nitrogens with one attached hydrogen (secondary N) is 1. The second-order valence-corrected chi connectivity index (χ2v) is 6.86. The number of carbonyl (C=O) groups is 2. The Bertz CT molecular complexity index is 1020. The quantitative estimate of drug-likeness (QED) is 0.572. The maximum atomic E-state index is 13.2. The van der Waals surface area contributed by atoms with E-state index in [4.69, 9.17) is 9.47 Å². The molecule has 3 aromatic rings. The summed E-state index contributed by atoms with van der Waals surface area (Å²) in [7, 11) is 1.59. The minimum atomic E-state index is -0.757. The summed E-state index contributed by atoms with van der Waals surface area (Å²) in [6.07, 6.45) is -0.757. The number of para-hydroxylation sites is 2. The van der Waals surface area contributed by atoms with Crippen molar-refractivity contribution >= 4 is 23.2 Å². The molecule has 0 aliphatic heterocycles. The number of anilines is 2. The molecule has 0 aromatic heterocycles. The maximum absolute atomic E-state index is 13.2. The smallest absolute Gasteiger partial charge is 0.265 e. The third-order valence-corrected chi connectivity index (χ3v) is 4.79. The highest BCUT2D eigenvalue weighted by atomic mass is 16.5. The molecule has 1 atom stereocenters. The van der Waals surface area contributed by atoms with E-state index in [1.807, 2.05) is 37.3 Å². The molecule has 0 aliphatic carbocycles. The van der Waals surface area contributed by atoms with Gasteiger partial charge >= 0.3 is 0 Å². The Morgan fingerprint density at radius 1 is 0.903 bits per heavy atom. The summed E-state index contributed by atoms with van der Waals surface area (Å²) in [5, 5.41) is 2.83. The van der Waals surface area contributed by atoms with Gasteiger partial charge in [-0.2, -0.15) is 0 Å². The Labute approximate surface area is 182 Å². The number of amides is 2. The summed E-state index contributed by atoms with van der Waals surface area (Å²) in [6, 6.07) is 23.4. The van der Waals surface area contributed by atoms with Crippen LogP contribution in [0.5, 0.6) is 11.5 Å². The van der Waals surface area contributed by atoms with Crippen molar-refractivity contribution in [3.05, 3.63) is 84.4 Å². The highest BCUT2D eigenvalue weighted by molar-refractivity contribution is 6.11. The first kappa shape index (κ1) is 21.9. The standard InChI is InChI=1S/C25H26N2O4/c1-4-27(19-10-6-5-7-11-19)25(29)22-12-8-9-13-23(22)26-24(28)18(2)31-21-16-14-20(30-3)15-17-21/h5-18H,4H2,1-3H3,(H,26,28). The Hall–Kier alpha value is -3.80. The minimum Gasteiger partial charge on any atom is -0.497 e. The molecule has 3 aromatic carbocycles. The molecule has 0 heterocycles. The van der Waals surface area contributed by atoms with E-state index in [0.717, 1.165) is 5.69 Å². The molecule has 0 saturated heterocycles. The number of nitrogens with zero attached hydrogens (tertiary/aromatic N) is 1. The number of benzene rings is 3. The average Bonchev–Trinajstić information content (AvgIpc) is 2.81. The fourth-order valence-corrected chi connectivity index (χ4v) is 3.12. The van der Waals surface area contributed by atoms with Crippen LogP contribution in [0, 0.1) is 0 Å². The lowest BCUT2D eigenvalue weighted by molar-refractivity contribution is -0.122. The average molecular weight is 418 g/mol. The lowest BCUT2D eigenvalue weighted by atomic mass is 10.1. The van der Waals surface area contributed by atoms with Crippen LogP contribution in [0.1, 0.15) is 24.2 Å². The molecule has 1 N–H and O–H groups in total. The number of hydrogen-bond acceptors (Lipinski definition) is 4. The molecular formula is C25H26N2O4. The molecule has 31 heavy (non-hydrogen) atoms. The molecule has 2 amide bonds. The number of methoxy groups -OCH3 is 1. The fourth-order valence-electron chi connectivity index (χ4n) is 3.12. The summed E-state index contributed by atoms with van der Waals surface area (Å²) < 4.78 is 10.8. The van der Waals surface area contributed by atoms with Crippen molar-refractivity contribution < 1.29 is 19.1 Å². The van der Waals surface area contributed by atoms with E-state index in [1.54, 1.807) is 67.5 Å². The number of ether oxygens (including phenoxy) is 2. The van der Waals surface area contributed by atoms with Crippen molar-refractivity contribution in [3.63, 3.8) is 0 Å². The predicted octanol–water partition coefficient (Wildman–Crippen LogP) is 4.77. The number of rotatable bonds is 8. The Morgan fingerprint density at radius 2 is 1.52 bits per heavy atom.